The zero-order chi connectivity index (χ0) is 16.2. The number of carboxylic acids is 1. The monoisotopic (exact) mass is 308 g/mol. The Bertz CT molecular complexity index is 881. The quantitative estimate of drug-likeness (QED) is 0.629. The Morgan fingerprint density at radius 1 is 1.17 bits per heavy atom. The lowest BCUT2D eigenvalue weighted by Crippen LogP contribution is -1.96. The fraction of sp³-hybridized carbons (Fsp3) is 0.111. The molecule has 5 nitrogen and oxygen atoms in total. The molecule has 0 amide bonds. The average molecular weight is 308 g/mol. The first kappa shape index (κ1) is 14.8. The number of para-hydroxylation sites is 1. The van der Waals surface area contributed by atoms with Crippen molar-refractivity contribution in [3.8, 4) is 5.88 Å². The molecule has 23 heavy (non-hydrogen) atoms. The SMILES string of the molecule is O=C(O)CCc1cccc(N=Cc2c(O)[nH]c3ccccc23)c1. The summed E-state index contributed by atoms with van der Waals surface area (Å²) in [6, 6.07) is 15.0. The molecule has 0 fully saturated rings. The van der Waals surface area contributed by atoms with Crippen LogP contribution in [0.4, 0.5) is 5.69 Å². The zero-order valence-corrected chi connectivity index (χ0v) is 12.4. The first-order valence-electron chi connectivity index (χ1n) is 7.28. The minimum Gasteiger partial charge on any atom is -0.494 e. The summed E-state index contributed by atoms with van der Waals surface area (Å²) in [7, 11) is 0. The minimum absolute atomic E-state index is 0.0805. The van der Waals surface area contributed by atoms with Crippen LogP contribution in [0.15, 0.2) is 53.5 Å². The molecule has 3 rings (SSSR count). The van der Waals surface area contributed by atoms with E-state index < -0.39 is 5.97 Å². The Hall–Kier alpha value is -3.08. The number of hydrogen-bond acceptors (Lipinski definition) is 3. The average Bonchev–Trinajstić information content (AvgIpc) is 2.87. The van der Waals surface area contributed by atoms with Gasteiger partial charge in [-0.3, -0.25) is 9.79 Å². The molecule has 0 aliphatic rings. The van der Waals surface area contributed by atoms with Crippen LogP contribution in [-0.4, -0.2) is 27.4 Å². The third-order valence-corrected chi connectivity index (χ3v) is 3.61. The number of aromatic amines is 1. The highest BCUT2D eigenvalue weighted by Gasteiger charge is 2.07. The lowest BCUT2D eigenvalue weighted by molar-refractivity contribution is -0.136. The number of carbonyl (C=O) groups is 1. The molecule has 3 aromatic rings. The molecule has 0 aliphatic heterocycles. The molecule has 2 aromatic carbocycles. The number of nitrogens with zero attached hydrogens (tertiary/aromatic N) is 1. The van der Waals surface area contributed by atoms with Gasteiger partial charge in [0.2, 0.25) is 0 Å². The van der Waals surface area contributed by atoms with Gasteiger partial charge >= 0.3 is 5.97 Å². The summed E-state index contributed by atoms with van der Waals surface area (Å²) in [4.78, 5) is 17.9. The number of carboxylic acid groups (broad SMARTS) is 1. The number of benzene rings is 2. The highest BCUT2D eigenvalue weighted by atomic mass is 16.4. The van der Waals surface area contributed by atoms with Crippen molar-refractivity contribution in [1.82, 2.24) is 4.98 Å². The van der Waals surface area contributed by atoms with Crippen molar-refractivity contribution in [3.63, 3.8) is 0 Å². The summed E-state index contributed by atoms with van der Waals surface area (Å²) >= 11 is 0. The molecule has 3 N–H and O–H groups in total. The standard InChI is InChI=1S/C18H16N2O3/c21-17(22)9-8-12-4-3-5-13(10-12)19-11-15-14-6-1-2-7-16(14)20-18(15)23/h1-7,10-11,20,23H,8-9H2,(H,21,22). The predicted molar refractivity (Wildman–Crippen MR) is 89.6 cm³/mol. The minimum atomic E-state index is -0.817. The Balaban J connectivity index is 1.86. The second-order valence-electron chi connectivity index (χ2n) is 5.25. The van der Waals surface area contributed by atoms with Crippen molar-refractivity contribution in [2.45, 2.75) is 12.8 Å². The molecule has 0 atom stereocenters. The molecule has 0 saturated heterocycles. The van der Waals surface area contributed by atoms with E-state index in [1.54, 1.807) is 6.21 Å². The fourth-order valence-corrected chi connectivity index (χ4v) is 2.46. The molecule has 5 heteroatoms. The molecule has 0 aliphatic carbocycles. The number of aliphatic imine (C=N–C) groups is 1. The molecule has 0 saturated carbocycles. The lowest BCUT2D eigenvalue weighted by Gasteiger charge is -2.00. The number of aromatic hydroxyl groups is 1. The number of hydrogen-bond donors (Lipinski definition) is 3. The van der Waals surface area contributed by atoms with Gasteiger partial charge in [-0.25, -0.2) is 0 Å². The maximum Gasteiger partial charge on any atom is 0.303 e. The lowest BCUT2D eigenvalue weighted by atomic mass is 10.1. The van der Waals surface area contributed by atoms with E-state index >= 15 is 0 Å². The van der Waals surface area contributed by atoms with E-state index in [4.69, 9.17) is 5.11 Å². The Morgan fingerprint density at radius 3 is 2.83 bits per heavy atom. The second-order valence-corrected chi connectivity index (χ2v) is 5.25. The van der Waals surface area contributed by atoms with Gasteiger partial charge in [-0.1, -0.05) is 30.3 Å². The van der Waals surface area contributed by atoms with Crippen molar-refractivity contribution < 1.29 is 15.0 Å². The van der Waals surface area contributed by atoms with Gasteiger partial charge in [-0.15, -0.1) is 0 Å². The third-order valence-electron chi connectivity index (χ3n) is 3.61. The Labute approximate surface area is 132 Å². The number of rotatable bonds is 5. The topological polar surface area (TPSA) is 85.7 Å². The second kappa shape index (κ2) is 6.36. The van der Waals surface area contributed by atoms with Crippen molar-refractivity contribution >= 4 is 28.8 Å². The highest BCUT2D eigenvalue weighted by molar-refractivity contribution is 6.02. The zero-order valence-electron chi connectivity index (χ0n) is 12.4. The number of aliphatic carboxylic acids is 1. The molecule has 0 radical (unpaired) electrons. The largest absolute Gasteiger partial charge is 0.494 e. The Morgan fingerprint density at radius 2 is 2.00 bits per heavy atom. The molecule has 0 unspecified atom stereocenters. The van der Waals surface area contributed by atoms with Crippen LogP contribution in [0.1, 0.15) is 17.5 Å². The van der Waals surface area contributed by atoms with Gasteiger partial charge in [-0.2, -0.15) is 0 Å². The van der Waals surface area contributed by atoms with Gasteiger partial charge < -0.3 is 15.2 Å². The first-order valence-corrected chi connectivity index (χ1v) is 7.28. The fourth-order valence-electron chi connectivity index (χ4n) is 2.46. The van der Waals surface area contributed by atoms with E-state index in [2.05, 4.69) is 9.98 Å². The van der Waals surface area contributed by atoms with Crippen LogP contribution in [0.2, 0.25) is 0 Å². The van der Waals surface area contributed by atoms with Crippen LogP contribution >= 0.6 is 0 Å². The summed E-state index contributed by atoms with van der Waals surface area (Å²) in [6.07, 6.45) is 2.18. The molecular formula is C18H16N2O3. The molecule has 1 heterocycles. The van der Waals surface area contributed by atoms with Gasteiger partial charge in [0, 0.05) is 23.5 Å². The maximum atomic E-state index is 10.6. The summed E-state index contributed by atoms with van der Waals surface area (Å²) in [5, 5.41) is 19.6. The van der Waals surface area contributed by atoms with E-state index in [9.17, 15) is 9.90 Å². The first-order chi connectivity index (χ1) is 11.1. The summed E-state index contributed by atoms with van der Waals surface area (Å²) in [6.45, 7) is 0. The van der Waals surface area contributed by atoms with Gasteiger partial charge in [0.1, 0.15) is 0 Å². The van der Waals surface area contributed by atoms with Crippen molar-refractivity contribution in [2.75, 3.05) is 0 Å². The van der Waals surface area contributed by atoms with Crippen LogP contribution in [0.3, 0.4) is 0 Å². The van der Waals surface area contributed by atoms with Crippen LogP contribution in [0, 0.1) is 0 Å². The van der Waals surface area contributed by atoms with E-state index in [0.29, 0.717) is 12.0 Å². The molecule has 0 bridgehead atoms. The Kier molecular flexibility index (Phi) is 4.10. The third kappa shape index (κ3) is 3.40. The molecule has 0 spiro atoms. The van der Waals surface area contributed by atoms with Crippen LogP contribution in [0.5, 0.6) is 5.88 Å². The summed E-state index contributed by atoms with van der Waals surface area (Å²) in [5.74, 6) is -0.736. The van der Waals surface area contributed by atoms with Crippen molar-refractivity contribution in [1.29, 1.82) is 0 Å². The number of aryl methyl sites for hydroxylation is 1. The summed E-state index contributed by atoms with van der Waals surface area (Å²) in [5.41, 5.74) is 3.13. The van der Waals surface area contributed by atoms with Crippen molar-refractivity contribution in [2.24, 2.45) is 4.99 Å². The normalized spacial score (nSPS) is 11.3. The van der Waals surface area contributed by atoms with Gasteiger partial charge in [0.05, 0.1) is 11.3 Å². The van der Waals surface area contributed by atoms with Gasteiger partial charge in [0.15, 0.2) is 5.88 Å². The van der Waals surface area contributed by atoms with E-state index in [0.717, 1.165) is 22.2 Å². The molecule has 1 aromatic heterocycles. The maximum absolute atomic E-state index is 10.6. The number of aromatic nitrogens is 1. The number of nitrogens with one attached hydrogen (secondary N) is 1. The molecule has 116 valence electrons. The van der Waals surface area contributed by atoms with E-state index in [1.165, 1.54) is 0 Å². The van der Waals surface area contributed by atoms with Crippen molar-refractivity contribution in [3.05, 3.63) is 59.7 Å². The molecular weight excluding hydrogens is 292 g/mol. The van der Waals surface area contributed by atoms with Crippen LogP contribution in [-0.2, 0) is 11.2 Å². The smallest absolute Gasteiger partial charge is 0.303 e. The summed E-state index contributed by atoms with van der Waals surface area (Å²) < 4.78 is 0. The number of H-pyrrole nitrogens is 1. The van der Waals surface area contributed by atoms with E-state index in [-0.39, 0.29) is 12.3 Å². The van der Waals surface area contributed by atoms with Gasteiger partial charge in [-0.05, 0) is 30.2 Å². The van der Waals surface area contributed by atoms with Crippen LogP contribution < -0.4 is 0 Å². The van der Waals surface area contributed by atoms with E-state index in [1.807, 2.05) is 48.5 Å². The van der Waals surface area contributed by atoms with Crippen LogP contribution in [0.25, 0.3) is 10.9 Å². The predicted octanol–water partition coefficient (Wildman–Crippen LogP) is 3.64. The number of fused-ring (bicyclic) bond motifs is 1. The van der Waals surface area contributed by atoms with Gasteiger partial charge in [0.25, 0.3) is 0 Å². The highest BCUT2D eigenvalue weighted by Crippen LogP contribution is 2.26.